The summed E-state index contributed by atoms with van der Waals surface area (Å²) < 4.78 is 2.09. The van der Waals surface area contributed by atoms with Crippen molar-refractivity contribution < 1.29 is 0 Å². The number of nitrogens with zero attached hydrogens (tertiary/aromatic N) is 4. The van der Waals surface area contributed by atoms with Gasteiger partial charge in [0, 0.05) is 24.5 Å². The second-order valence-electron chi connectivity index (χ2n) is 8.34. The number of hydrogen-bond donors (Lipinski definition) is 4. The van der Waals surface area contributed by atoms with Crippen molar-refractivity contribution in [2.45, 2.75) is 64.1 Å². The van der Waals surface area contributed by atoms with Crippen LogP contribution in [0.2, 0.25) is 5.02 Å². The number of nitrogens with two attached hydrogens (primary N) is 3. The van der Waals surface area contributed by atoms with Gasteiger partial charge in [-0.2, -0.15) is 9.97 Å². The molecule has 4 rings (SSSR count). The highest BCUT2D eigenvalue weighted by molar-refractivity contribution is 6.33. The van der Waals surface area contributed by atoms with Crippen molar-refractivity contribution >= 4 is 40.2 Å². The van der Waals surface area contributed by atoms with E-state index in [1.165, 1.54) is 0 Å². The number of fused-ring (bicyclic) bond motifs is 1. The van der Waals surface area contributed by atoms with E-state index in [0.29, 0.717) is 46.5 Å². The molecule has 0 amide bonds. The third-order valence-corrected chi connectivity index (χ3v) is 6.08. The van der Waals surface area contributed by atoms with Crippen LogP contribution in [0.1, 0.15) is 57.0 Å². The van der Waals surface area contributed by atoms with E-state index in [4.69, 9.17) is 38.8 Å². The highest BCUT2D eigenvalue weighted by Crippen LogP contribution is 2.29. The van der Waals surface area contributed by atoms with Gasteiger partial charge in [0.2, 0.25) is 5.95 Å². The molecule has 0 atom stereocenters. The van der Waals surface area contributed by atoms with E-state index >= 15 is 0 Å². The molecule has 0 aliphatic heterocycles. The summed E-state index contributed by atoms with van der Waals surface area (Å²) in [4.78, 5) is 14.0. The summed E-state index contributed by atoms with van der Waals surface area (Å²) in [6, 6.07) is 6.37. The number of halogens is 1. The van der Waals surface area contributed by atoms with E-state index in [0.717, 1.165) is 42.7 Å². The molecule has 1 fully saturated rings. The number of imidazole rings is 1. The third kappa shape index (κ3) is 4.02. The number of nitrogen functional groups attached to an aromatic ring is 2. The van der Waals surface area contributed by atoms with Crippen LogP contribution in [0.5, 0.6) is 0 Å². The van der Waals surface area contributed by atoms with E-state index in [9.17, 15) is 0 Å². The van der Waals surface area contributed by atoms with Gasteiger partial charge in [0.25, 0.3) is 0 Å². The van der Waals surface area contributed by atoms with Gasteiger partial charge in [-0.1, -0.05) is 23.7 Å². The predicted octanol–water partition coefficient (Wildman–Crippen LogP) is 3.50. The molecule has 2 heterocycles. The topological polar surface area (TPSA) is 134 Å². The van der Waals surface area contributed by atoms with E-state index < -0.39 is 0 Å². The highest BCUT2D eigenvalue weighted by atomic mass is 35.5. The average molecular weight is 429 g/mol. The summed E-state index contributed by atoms with van der Waals surface area (Å²) in [5, 5.41) is 3.98. The first-order valence-electron chi connectivity index (χ1n) is 10.4. The van der Waals surface area contributed by atoms with E-state index in [1.54, 1.807) is 6.07 Å². The van der Waals surface area contributed by atoms with Crippen LogP contribution in [-0.2, 0) is 6.42 Å². The van der Waals surface area contributed by atoms with Crippen LogP contribution in [0, 0.1) is 0 Å². The maximum atomic E-state index is 6.28. The molecule has 8 nitrogen and oxygen atoms in total. The van der Waals surface area contributed by atoms with Crippen molar-refractivity contribution in [1.29, 1.82) is 0 Å². The molecule has 1 aromatic carbocycles. The van der Waals surface area contributed by atoms with Crippen molar-refractivity contribution in [2.75, 3.05) is 16.8 Å². The molecule has 30 heavy (non-hydrogen) atoms. The number of para-hydroxylation sites is 1. The van der Waals surface area contributed by atoms with Crippen LogP contribution in [0.4, 0.5) is 17.5 Å². The normalized spacial score (nSPS) is 19.5. The number of benzene rings is 1. The van der Waals surface area contributed by atoms with Gasteiger partial charge in [-0.3, -0.25) is 0 Å². The summed E-state index contributed by atoms with van der Waals surface area (Å²) in [6.45, 7) is 4.19. The molecule has 0 unspecified atom stereocenters. The number of aromatic nitrogens is 4. The zero-order valence-electron chi connectivity index (χ0n) is 17.4. The Balaban J connectivity index is 1.71. The van der Waals surface area contributed by atoms with Gasteiger partial charge in [-0.15, -0.1) is 0 Å². The minimum absolute atomic E-state index is 0.139. The Morgan fingerprint density at radius 2 is 1.87 bits per heavy atom. The molecular weight excluding hydrogens is 400 g/mol. The molecule has 1 aliphatic carbocycles. The number of rotatable bonds is 5. The minimum atomic E-state index is 0.139. The lowest BCUT2D eigenvalue weighted by Crippen LogP contribution is -2.33. The highest BCUT2D eigenvalue weighted by Gasteiger charge is 2.22. The monoisotopic (exact) mass is 428 g/mol. The fraction of sp³-hybridized carbons (Fsp3) is 0.476. The minimum Gasteiger partial charge on any atom is -0.397 e. The van der Waals surface area contributed by atoms with Crippen LogP contribution in [-0.4, -0.2) is 31.6 Å². The zero-order chi connectivity index (χ0) is 21.4. The zero-order valence-corrected chi connectivity index (χ0v) is 18.2. The SMILES string of the molecule is CC(C)n1c(Cc2cccc(Cl)c2N)nc2c(N)nc(NC3CCC(N)CC3)nc21. The van der Waals surface area contributed by atoms with E-state index in [1.807, 2.05) is 12.1 Å². The molecule has 0 bridgehead atoms. The lowest BCUT2D eigenvalue weighted by Gasteiger charge is -2.26. The Bertz CT molecular complexity index is 1050. The van der Waals surface area contributed by atoms with Gasteiger partial charge in [-0.05, 0) is 51.2 Å². The Hall–Kier alpha value is -2.58. The average Bonchev–Trinajstić information content (AvgIpc) is 3.06. The molecule has 0 saturated heterocycles. The van der Waals surface area contributed by atoms with Gasteiger partial charge in [-0.25, -0.2) is 4.98 Å². The Kier molecular flexibility index (Phi) is 5.71. The fourth-order valence-corrected chi connectivity index (χ4v) is 4.32. The lowest BCUT2D eigenvalue weighted by atomic mass is 9.92. The van der Waals surface area contributed by atoms with Crippen LogP contribution < -0.4 is 22.5 Å². The summed E-state index contributed by atoms with van der Waals surface area (Å²) in [6.07, 6.45) is 4.55. The number of nitrogens with one attached hydrogen (secondary N) is 1. The van der Waals surface area contributed by atoms with Crippen molar-refractivity contribution in [3.8, 4) is 0 Å². The van der Waals surface area contributed by atoms with Gasteiger partial charge >= 0.3 is 0 Å². The van der Waals surface area contributed by atoms with Crippen molar-refractivity contribution in [1.82, 2.24) is 19.5 Å². The second-order valence-corrected chi connectivity index (χ2v) is 8.75. The van der Waals surface area contributed by atoms with Gasteiger partial charge in [0.15, 0.2) is 17.0 Å². The Morgan fingerprint density at radius 1 is 1.13 bits per heavy atom. The van der Waals surface area contributed by atoms with Crippen LogP contribution in [0.3, 0.4) is 0 Å². The third-order valence-electron chi connectivity index (χ3n) is 5.75. The lowest BCUT2D eigenvalue weighted by molar-refractivity contribution is 0.410. The van der Waals surface area contributed by atoms with Crippen LogP contribution in [0.15, 0.2) is 18.2 Å². The van der Waals surface area contributed by atoms with Crippen molar-refractivity contribution in [3.63, 3.8) is 0 Å². The van der Waals surface area contributed by atoms with Gasteiger partial charge < -0.3 is 27.1 Å². The van der Waals surface area contributed by atoms with Crippen molar-refractivity contribution in [3.05, 3.63) is 34.6 Å². The Labute approximate surface area is 181 Å². The molecule has 1 aliphatic rings. The molecule has 3 aromatic rings. The van der Waals surface area contributed by atoms with Gasteiger partial charge in [0.05, 0.1) is 10.7 Å². The van der Waals surface area contributed by atoms with Crippen LogP contribution >= 0.6 is 11.6 Å². The predicted molar refractivity (Wildman–Crippen MR) is 123 cm³/mol. The largest absolute Gasteiger partial charge is 0.397 e. The van der Waals surface area contributed by atoms with Crippen molar-refractivity contribution in [2.24, 2.45) is 5.73 Å². The van der Waals surface area contributed by atoms with E-state index in [2.05, 4.69) is 28.7 Å². The molecular formula is C21H29ClN8. The molecule has 2 aromatic heterocycles. The second kappa shape index (κ2) is 8.28. The first kappa shape index (κ1) is 20.7. The first-order valence-corrected chi connectivity index (χ1v) is 10.8. The molecule has 160 valence electrons. The summed E-state index contributed by atoms with van der Waals surface area (Å²) in [7, 11) is 0. The molecule has 9 heteroatoms. The molecule has 1 saturated carbocycles. The fourth-order valence-electron chi connectivity index (χ4n) is 4.12. The summed E-state index contributed by atoms with van der Waals surface area (Å²) in [5.74, 6) is 1.74. The van der Waals surface area contributed by atoms with E-state index in [-0.39, 0.29) is 6.04 Å². The number of anilines is 3. The quantitative estimate of drug-likeness (QED) is 0.457. The maximum Gasteiger partial charge on any atom is 0.226 e. The molecule has 0 spiro atoms. The molecule has 7 N–H and O–H groups in total. The maximum absolute atomic E-state index is 6.28. The van der Waals surface area contributed by atoms with Gasteiger partial charge in [0.1, 0.15) is 5.82 Å². The smallest absolute Gasteiger partial charge is 0.226 e. The summed E-state index contributed by atoms with van der Waals surface area (Å²) in [5.41, 5.74) is 21.3. The summed E-state index contributed by atoms with van der Waals surface area (Å²) >= 11 is 6.20. The molecule has 0 radical (unpaired) electrons. The first-order chi connectivity index (χ1) is 14.3. The number of hydrogen-bond acceptors (Lipinski definition) is 7. The standard InChI is InChI=1S/C21H29ClN8/c1-11(2)30-16(10-12-4-3-5-15(22)17(12)24)27-18-19(25)28-21(29-20(18)30)26-14-8-6-13(23)7-9-14/h3-5,11,13-14H,6-10,23-24H2,1-2H3,(H3,25,26,28,29). The Morgan fingerprint density at radius 3 is 2.57 bits per heavy atom. The van der Waals surface area contributed by atoms with Crippen LogP contribution in [0.25, 0.3) is 11.2 Å².